The number of rotatable bonds is 4. The molecule has 3 heterocycles. The van der Waals surface area contributed by atoms with Crippen LogP contribution in [0, 0.1) is 0 Å². The highest BCUT2D eigenvalue weighted by Crippen LogP contribution is 2.30. The van der Waals surface area contributed by atoms with E-state index >= 15 is 0 Å². The molecule has 0 saturated carbocycles. The highest BCUT2D eigenvalue weighted by atomic mass is 35.5. The molecule has 1 aliphatic rings. The zero-order valence-corrected chi connectivity index (χ0v) is 18.4. The second kappa shape index (κ2) is 8.20. The molecule has 2 aromatic heterocycles. The summed E-state index contributed by atoms with van der Waals surface area (Å²) >= 11 is 7.56. The minimum absolute atomic E-state index is 0.0747. The molecule has 0 spiro atoms. The number of benzene rings is 2. The fraction of sp³-hybridized carbons (Fsp3) is 0.227. The van der Waals surface area contributed by atoms with E-state index in [2.05, 4.69) is 10.3 Å². The molecule has 0 fully saturated rings. The van der Waals surface area contributed by atoms with Crippen molar-refractivity contribution in [1.82, 2.24) is 24.8 Å². The van der Waals surface area contributed by atoms with Gasteiger partial charge in [-0.3, -0.25) is 0 Å². The number of hydrogen-bond donors (Lipinski definition) is 1. The van der Waals surface area contributed by atoms with Crippen LogP contribution >= 0.6 is 22.9 Å². The van der Waals surface area contributed by atoms with Gasteiger partial charge in [-0.1, -0.05) is 35.1 Å². The number of fused-ring (bicyclic) bond motifs is 3. The van der Waals surface area contributed by atoms with Gasteiger partial charge >= 0.3 is 6.03 Å². The van der Waals surface area contributed by atoms with E-state index in [1.807, 2.05) is 57.9 Å². The molecule has 31 heavy (non-hydrogen) atoms. The van der Waals surface area contributed by atoms with Crippen LogP contribution in [-0.4, -0.2) is 39.2 Å². The number of nitrogens with zero attached hydrogens (tertiary/aromatic N) is 4. The van der Waals surface area contributed by atoms with Gasteiger partial charge in [-0.15, -0.1) is 5.10 Å². The summed E-state index contributed by atoms with van der Waals surface area (Å²) in [5.74, 6) is 1.46. The van der Waals surface area contributed by atoms with Gasteiger partial charge in [0, 0.05) is 35.0 Å². The smallest absolute Gasteiger partial charge is 0.318 e. The molecule has 0 unspecified atom stereocenters. The molecule has 9 heteroatoms. The standard InChI is InChI=1S/C22H20ClN5O2S/c1-30-17-4-2-3-14(11-17)12-24-21(29)27-10-9-18-19(13-27)31-22-25-20(26-28(18)22)15-5-7-16(23)8-6-15/h2-8,11H,9-10,12-13H2,1H3,(H,24,29). The topological polar surface area (TPSA) is 71.8 Å². The van der Waals surface area contributed by atoms with Crippen LogP contribution in [0.2, 0.25) is 5.02 Å². The number of halogens is 1. The first-order valence-electron chi connectivity index (χ1n) is 9.89. The second-order valence-electron chi connectivity index (χ2n) is 7.29. The number of urea groups is 1. The Morgan fingerprint density at radius 3 is 2.90 bits per heavy atom. The van der Waals surface area contributed by atoms with Crippen LogP contribution in [0.4, 0.5) is 4.79 Å². The first kappa shape index (κ1) is 19.8. The summed E-state index contributed by atoms with van der Waals surface area (Å²) in [6.45, 7) is 1.66. The Labute approximate surface area is 188 Å². The van der Waals surface area contributed by atoms with Crippen LogP contribution in [-0.2, 0) is 19.5 Å². The van der Waals surface area contributed by atoms with Crippen molar-refractivity contribution in [3.05, 3.63) is 69.7 Å². The Morgan fingerprint density at radius 1 is 1.26 bits per heavy atom. The Hall–Kier alpha value is -3.10. The molecule has 1 aliphatic heterocycles. The van der Waals surface area contributed by atoms with Crippen molar-refractivity contribution < 1.29 is 9.53 Å². The Balaban J connectivity index is 1.28. The third kappa shape index (κ3) is 3.96. The molecule has 0 radical (unpaired) electrons. The first-order valence-corrected chi connectivity index (χ1v) is 11.1. The lowest BCUT2D eigenvalue weighted by Gasteiger charge is -2.26. The Morgan fingerprint density at radius 2 is 2.10 bits per heavy atom. The van der Waals surface area contributed by atoms with Gasteiger partial charge < -0.3 is 15.0 Å². The van der Waals surface area contributed by atoms with Crippen LogP contribution < -0.4 is 10.1 Å². The molecular weight excluding hydrogens is 434 g/mol. The van der Waals surface area contributed by atoms with E-state index in [4.69, 9.17) is 21.4 Å². The van der Waals surface area contributed by atoms with Gasteiger partial charge in [0.2, 0.25) is 4.96 Å². The average Bonchev–Trinajstić information content (AvgIpc) is 3.35. The number of carbonyl (C=O) groups excluding carboxylic acids is 1. The highest BCUT2D eigenvalue weighted by Gasteiger charge is 2.26. The monoisotopic (exact) mass is 453 g/mol. The summed E-state index contributed by atoms with van der Waals surface area (Å²) in [5.41, 5.74) is 3.06. The zero-order valence-electron chi connectivity index (χ0n) is 16.8. The predicted molar refractivity (Wildman–Crippen MR) is 121 cm³/mol. The van der Waals surface area contributed by atoms with E-state index in [1.54, 1.807) is 18.4 Å². The number of thiazole rings is 1. The van der Waals surface area contributed by atoms with Crippen molar-refractivity contribution in [2.75, 3.05) is 13.7 Å². The molecule has 0 saturated heterocycles. The lowest BCUT2D eigenvalue weighted by atomic mass is 10.2. The Kier molecular flexibility index (Phi) is 5.25. The van der Waals surface area contributed by atoms with Crippen molar-refractivity contribution in [2.45, 2.75) is 19.5 Å². The SMILES string of the molecule is COc1cccc(CNC(=O)N2CCc3c(sc4nc(-c5ccc(Cl)cc5)nn34)C2)c1. The summed E-state index contributed by atoms with van der Waals surface area (Å²) in [6.07, 6.45) is 0.741. The van der Waals surface area contributed by atoms with E-state index < -0.39 is 0 Å². The van der Waals surface area contributed by atoms with E-state index in [1.165, 1.54) is 0 Å². The van der Waals surface area contributed by atoms with Crippen molar-refractivity contribution in [3.63, 3.8) is 0 Å². The highest BCUT2D eigenvalue weighted by molar-refractivity contribution is 7.17. The number of aromatic nitrogens is 3. The number of nitrogens with one attached hydrogen (secondary N) is 1. The zero-order chi connectivity index (χ0) is 21.4. The molecule has 1 N–H and O–H groups in total. The molecule has 158 valence electrons. The van der Waals surface area contributed by atoms with Crippen molar-refractivity contribution in [1.29, 1.82) is 0 Å². The van der Waals surface area contributed by atoms with Crippen LogP contribution in [0.3, 0.4) is 0 Å². The van der Waals surface area contributed by atoms with E-state index in [9.17, 15) is 4.79 Å². The van der Waals surface area contributed by atoms with Gasteiger partial charge in [0.25, 0.3) is 0 Å². The van der Waals surface area contributed by atoms with Gasteiger partial charge in [0.1, 0.15) is 5.75 Å². The first-order chi connectivity index (χ1) is 15.1. The van der Waals surface area contributed by atoms with Crippen LogP contribution in [0.1, 0.15) is 16.1 Å². The van der Waals surface area contributed by atoms with E-state index in [0.717, 1.165) is 38.8 Å². The molecule has 0 bridgehead atoms. The fourth-order valence-corrected chi connectivity index (χ4v) is 4.90. The largest absolute Gasteiger partial charge is 0.497 e. The van der Waals surface area contributed by atoms with Crippen molar-refractivity contribution >= 4 is 33.9 Å². The van der Waals surface area contributed by atoms with Crippen molar-refractivity contribution in [3.8, 4) is 17.1 Å². The number of amides is 2. The van der Waals surface area contributed by atoms with Gasteiger partial charge in [0.15, 0.2) is 5.82 Å². The third-order valence-corrected chi connectivity index (χ3v) is 6.60. The number of methoxy groups -OCH3 is 1. The summed E-state index contributed by atoms with van der Waals surface area (Å²) in [6, 6.07) is 15.1. The lowest BCUT2D eigenvalue weighted by molar-refractivity contribution is 0.192. The average molecular weight is 454 g/mol. The summed E-state index contributed by atoms with van der Waals surface area (Å²) in [7, 11) is 1.63. The van der Waals surface area contributed by atoms with Gasteiger partial charge in [0.05, 0.1) is 19.3 Å². The molecule has 7 nitrogen and oxygen atoms in total. The summed E-state index contributed by atoms with van der Waals surface area (Å²) < 4.78 is 7.15. The van der Waals surface area contributed by atoms with Crippen LogP contribution in [0.15, 0.2) is 48.5 Å². The molecule has 0 atom stereocenters. The second-order valence-corrected chi connectivity index (χ2v) is 8.79. The van der Waals surface area contributed by atoms with Crippen molar-refractivity contribution in [2.24, 2.45) is 0 Å². The molecular formula is C22H20ClN5O2S. The molecule has 2 amide bonds. The molecule has 5 rings (SSSR count). The molecule has 0 aliphatic carbocycles. The minimum Gasteiger partial charge on any atom is -0.497 e. The number of ether oxygens (including phenoxy) is 1. The maximum atomic E-state index is 12.7. The number of carbonyl (C=O) groups is 1. The lowest BCUT2D eigenvalue weighted by Crippen LogP contribution is -2.42. The van der Waals surface area contributed by atoms with Gasteiger partial charge in [-0.25, -0.2) is 9.31 Å². The van der Waals surface area contributed by atoms with Gasteiger partial charge in [-0.2, -0.15) is 4.98 Å². The quantitative estimate of drug-likeness (QED) is 0.497. The fourth-order valence-electron chi connectivity index (χ4n) is 3.66. The molecule has 2 aromatic carbocycles. The third-order valence-electron chi connectivity index (χ3n) is 5.29. The van der Waals surface area contributed by atoms with Gasteiger partial charge in [-0.05, 0) is 42.0 Å². The maximum absolute atomic E-state index is 12.7. The minimum atomic E-state index is -0.0747. The summed E-state index contributed by atoms with van der Waals surface area (Å²) in [5, 5.41) is 8.38. The summed E-state index contributed by atoms with van der Waals surface area (Å²) in [4.78, 5) is 21.2. The van der Waals surface area contributed by atoms with E-state index in [0.29, 0.717) is 30.5 Å². The van der Waals surface area contributed by atoms with Crippen LogP contribution in [0.5, 0.6) is 5.75 Å². The predicted octanol–water partition coefficient (Wildman–Crippen LogP) is 4.39. The normalized spacial score (nSPS) is 13.3. The van der Waals surface area contributed by atoms with E-state index in [-0.39, 0.29) is 6.03 Å². The number of hydrogen-bond acceptors (Lipinski definition) is 5. The maximum Gasteiger partial charge on any atom is 0.318 e. The molecule has 4 aromatic rings. The van der Waals surface area contributed by atoms with Crippen LogP contribution in [0.25, 0.3) is 16.3 Å². The Bertz CT molecular complexity index is 1250.